The topological polar surface area (TPSA) is 138 Å². The molecule has 1 aromatic rings. The number of rotatable bonds is 11. The van der Waals surface area contributed by atoms with Gasteiger partial charge in [-0.1, -0.05) is 30.3 Å². The molecule has 0 aliphatic heterocycles. The lowest BCUT2D eigenvalue weighted by atomic mass is 9.87. The number of hydrogen-bond donors (Lipinski definition) is 3. The Bertz CT molecular complexity index is 887. The van der Waals surface area contributed by atoms with Crippen LogP contribution in [0.2, 0.25) is 0 Å². The van der Waals surface area contributed by atoms with Crippen LogP contribution in [0.1, 0.15) is 58.4 Å². The summed E-state index contributed by atoms with van der Waals surface area (Å²) in [5.41, 5.74) is 0.278. The van der Waals surface area contributed by atoms with Crippen molar-refractivity contribution in [1.29, 1.82) is 0 Å². The van der Waals surface area contributed by atoms with Gasteiger partial charge in [0.15, 0.2) is 0 Å². The highest BCUT2D eigenvalue weighted by atomic mass is 17.1. The summed E-state index contributed by atoms with van der Waals surface area (Å²) < 4.78 is 10.5. The lowest BCUT2D eigenvalue weighted by Gasteiger charge is -2.28. The van der Waals surface area contributed by atoms with Crippen molar-refractivity contribution in [3.8, 4) is 0 Å². The van der Waals surface area contributed by atoms with Gasteiger partial charge in [0.05, 0.1) is 22.8 Å². The predicted octanol–water partition coefficient (Wildman–Crippen LogP) is 3.00. The maximum absolute atomic E-state index is 13.4. The first-order valence-corrected chi connectivity index (χ1v) is 12.6. The molecule has 2 aliphatic carbocycles. The standard InChI is InChI=1S/C25H37N3O8/c1-4-27(5-2)23(30)25(19-9-7-6-8-10-19)15-20(25)16-26-24(31)35-17(3)34-22(29)18-11-13-21(14-12-18)36-28(32)33/h6-10,17-18,20-21,32-33H,4-5,11-16H2,1-3H3,(H,26,31)/t17?,18?,20-,21?,25+/m1/s1. The van der Waals surface area contributed by atoms with Crippen molar-refractivity contribution >= 4 is 18.0 Å². The fraction of sp³-hybridized carbons (Fsp3) is 0.640. The minimum absolute atomic E-state index is 0.0620. The van der Waals surface area contributed by atoms with E-state index in [0.29, 0.717) is 45.2 Å². The molecular formula is C25H37N3O8. The van der Waals surface area contributed by atoms with E-state index in [1.54, 1.807) is 0 Å². The molecule has 1 aromatic carbocycles. The van der Waals surface area contributed by atoms with Gasteiger partial charge in [0.1, 0.15) is 0 Å². The van der Waals surface area contributed by atoms with Gasteiger partial charge in [0.25, 0.3) is 0 Å². The average molecular weight is 508 g/mol. The maximum atomic E-state index is 13.4. The minimum Gasteiger partial charge on any atom is -0.425 e. The number of nitrogens with one attached hydrogen (secondary N) is 1. The monoisotopic (exact) mass is 507 g/mol. The van der Waals surface area contributed by atoms with Gasteiger partial charge in [-0.2, -0.15) is 0 Å². The van der Waals surface area contributed by atoms with Gasteiger partial charge < -0.3 is 19.7 Å². The quantitative estimate of drug-likeness (QED) is 0.234. The van der Waals surface area contributed by atoms with E-state index in [2.05, 4.69) is 5.32 Å². The Labute approximate surface area is 211 Å². The van der Waals surface area contributed by atoms with E-state index < -0.39 is 23.8 Å². The molecule has 2 saturated carbocycles. The van der Waals surface area contributed by atoms with Gasteiger partial charge >= 0.3 is 12.1 Å². The number of ether oxygens (including phenoxy) is 2. The number of hydrogen-bond acceptors (Lipinski definition) is 9. The molecule has 3 N–H and O–H groups in total. The van der Waals surface area contributed by atoms with Crippen LogP contribution >= 0.6 is 0 Å². The number of likely N-dealkylation sites (N-methyl/N-ethyl adjacent to an activating group) is 1. The number of alkyl carbamates (subject to hydrolysis) is 1. The van der Waals surface area contributed by atoms with Crippen molar-refractivity contribution in [3.63, 3.8) is 0 Å². The highest BCUT2D eigenvalue weighted by Gasteiger charge is 2.61. The molecule has 0 aromatic heterocycles. The van der Waals surface area contributed by atoms with Crippen molar-refractivity contribution in [1.82, 2.24) is 15.6 Å². The molecule has 0 heterocycles. The van der Waals surface area contributed by atoms with Gasteiger partial charge in [-0.15, -0.1) is 0 Å². The second-order valence-electron chi connectivity index (χ2n) is 9.34. The number of amides is 2. The first kappa shape index (κ1) is 27.9. The molecule has 3 atom stereocenters. The van der Waals surface area contributed by atoms with Crippen molar-refractivity contribution < 1.29 is 39.1 Å². The molecule has 0 saturated heterocycles. The second kappa shape index (κ2) is 12.5. The third kappa shape index (κ3) is 6.73. The zero-order valence-electron chi connectivity index (χ0n) is 21.1. The van der Waals surface area contributed by atoms with E-state index in [9.17, 15) is 14.4 Å². The number of nitrogens with zero attached hydrogens (tertiary/aromatic N) is 2. The van der Waals surface area contributed by atoms with E-state index in [0.717, 1.165) is 5.56 Å². The third-order valence-corrected chi connectivity index (χ3v) is 7.13. The molecule has 0 bridgehead atoms. The predicted molar refractivity (Wildman–Crippen MR) is 126 cm³/mol. The maximum Gasteiger partial charge on any atom is 0.410 e. The van der Waals surface area contributed by atoms with Gasteiger partial charge in [0.2, 0.25) is 12.2 Å². The van der Waals surface area contributed by atoms with Crippen LogP contribution in [0.3, 0.4) is 0 Å². The van der Waals surface area contributed by atoms with Crippen LogP contribution in [-0.2, 0) is 29.3 Å². The van der Waals surface area contributed by atoms with Gasteiger partial charge in [-0.25, -0.2) is 9.63 Å². The molecule has 200 valence electrons. The number of carbonyl (C=O) groups excluding carboxylic acids is 3. The highest BCUT2D eigenvalue weighted by Crippen LogP contribution is 2.55. The van der Waals surface area contributed by atoms with E-state index >= 15 is 0 Å². The first-order valence-electron chi connectivity index (χ1n) is 12.6. The molecule has 0 radical (unpaired) electrons. The molecule has 2 amide bonds. The summed E-state index contributed by atoms with van der Waals surface area (Å²) in [6.45, 7) is 6.87. The van der Waals surface area contributed by atoms with Gasteiger partial charge in [-0.3, -0.25) is 20.0 Å². The molecular weight excluding hydrogens is 470 g/mol. The summed E-state index contributed by atoms with van der Waals surface area (Å²) in [4.78, 5) is 44.7. The zero-order chi connectivity index (χ0) is 26.3. The van der Waals surface area contributed by atoms with Crippen LogP contribution in [0, 0.1) is 11.8 Å². The number of benzene rings is 1. The SMILES string of the molecule is CCN(CC)C(=O)[C@]1(c2ccccc2)C[C@@H]1CNC(=O)OC(C)OC(=O)C1CCC(ON(O)O)CC1. The summed E-state index contributed by atoms with van der Waals surface area (Å²) in [5, 5.41) is 19.9. The van der Waals surface area contributed by atoms with E-state index in [1.807, 2.05) is 49.1 Å². The van der Waals surface area contributed by atoms with Crippen molar-refractivity contribution in [2.45, 2.75) is 70.7 Å². The molecule has 1 unspecified atom stereocenters. The summed E-state index contributed by atoms with van der Waals surface area (Å²) in [6, 6.07) is 9.63. The summed E-state index contributed by atoms with van der Waals surface area (Å²) in [7, 11) is 0. The van der Waals surface area contributed by atoms with Gasteiger partial charge in [-0.05, 0) is 57.4 Å². The Hall–Kier alpha value is -2.73. The van der Waals surface area contributed by atoms with Crippen LogP contribution < -0.4 is 5.32 Å². The molecule has 11 heteroatoms. The van der Waals surface area contributed by atoms with E-state index in [4.69, 9.17) is 24.7 Å². The Morgan fingerprint density at radius 2 is 1.69 bits per heavy atom. The Kier molecular flexibility index (Phi) is 9.66. The average Bonchev–Trinajstić information content (AvgIpc) is 3.59. The van der Waals surface area contributed by atoms with Crippen molar-refractivity contribution in [2.24, 2.45) is 11.8 Å². The summed E-state index contributed by atoms with van der Waals surface area (Å²) in [5.74, 6) is -0.862. The number of esters is 1. The molecule has 2 fully saturated rings. The molecule has 11 nitrogen and oxygen atoms in total. The van der Waals surface area contributed by atoms with E-state index in [1.165, 1.54) is 6.92 Å². The number of carbonyl (C=O) groups is 3. The Morgan fingerprint density at radius 1 is 1.06 bits per heavy atom. The van der Waals surface area contributed by atoms with E-state index in [-0.39, 0.29) is 35.8 Å². The smallest absolute Gasteiger partial charge is 0.410 e. The lowest BCUT2D eigenvalue weighted by Crippen LogP contribution is -2.41. The largest absolute Gasteiger partial charge is 0.425 e. The Balaban J connectivity index is 1.47. The van der Waals surface area contributed by atoms with Crippen LogP contribution in [0.4, 0.5) is 4.79 Å². The Morgan fingerprint density at radius 3 is 2.28 bits per heavy atom. The second-order valence-corrected chi connectivity index (χ2v) is 9.34. The molecule has 0 spiro atoms. The third-order valence-electron chi connectivity index (χ3n) is 7.13. The first-order chi connectivity index (χ1) is 17.2. The van der Waals surface area contributed by atoms with Crippen LogP contribution in [0.15, 0.2) is 30.3 Å². The molecule has 3 rings (SSSR count). The highest BCUT2D eigenvalue weighted by molar-refractivity contribution is 5.92. The van der Waals surface area contributed by atoms with Crippen LogP contribution in [0.5, 0.6) is 0 Å². The summed E-state index contributed by atoms with van der Waals surface area (Å²) in [6.07, 6.45) is 0.291. The lowest BCUT2D eigenvalue weighted by molar-refractivity contribution is -0.506. The molecule has 36 heavy (non-hydrogen) atoms. The van der Waals surface area contributed by atoms with Crippen molar-refractivity contribution in [3.05, 3.63) is 35.9 Å². The summed E-state index contributed by atoms with van der Waals surface area (Å²) >= 11 is 0. The molecule has 2 aliphatic rings. The van der Waals surface area contributed by atoms with Crippen LogP contribution in [0.25, 0.3) is 0 Å². The minimum atomic E-state index is -1.08. The van der Waals surface area contributed by atoms with Crippen LogP contribution in [-0.4, -0.2) is 70.7 Å². The van der Waals surface area contributed by atoms with Crippen molar-refractivity contribution in [2.75, 3.05) is 19.6 Å². The normalized spacial score (nSPS) is 26.1. The zero-order valence-corrected chi connectivity index (χ0v) is 21.1. The van der Waals surface area contributed by atoms with Gasteiger partial charge in [0, 0.05) is 26.6 Å². The fourth-order valence-electron chi connectivity index (χ4n) is 5.06. The fourth-order valence-corrected chi connectivity index (χ4v) is 5.06.